The number of hydrogen-bond acceptors (Lipinski definition) is 3. The smallest absolute Gasteiger partial charge is 0.364 e. The van der Waals surface area contributed by atoms with Gasteiger partial charge in [-0.15, -0.1) is 0 Å². The monoisotopic (exact) mass is 496 g/mol. The minimum atomic E-state index is -1.64. The number of benzene rings is 2. The lowest BCUT2D eigenvalue weighted by Crippen LogP contribution is -2.44. The summed E-state index contributed by atoms with van der Waals surface area (Å²) >= 11 is 0. The number of unbranched alkanes of at least 4 members (excludes halogenated alkanes) is 13. The van der Waals surface area contributed by atoms with Gasteiger partial charge in [0.2, 0.25) is 0 Å². The summed E-state index contributed by atoms with van der Waals surface area (Å²) in [4.78, 5) is 12.4. The minimum Gasteiger partial charge on any atom is -0.477 e. The first-order chi connectivity index (χ1) is 17.7. The van der Waals surface area contributed by atoms with E-state index in [4.69, 9.17) is 9.47 Å². The van der Waals surface area contributed by atoms with Crippen LogP contribution in [0.25, 0.3) is 0 Å². The van der Waals surface area contributed by atoms with Crippen LogP contribution in [-0.2, 0) is 27.5 Å². The Balaban J connectivity index is 1.71. The number of rotatable bonds is 22. The lowest BCUT2D eigenvalue weighted by molar-refractivity contribution is -0.256. The molecule has 2 aromatic rings. The van der Waals surface area contributed by atoms with E-state index in [1.54, 1.807) is 0 Å². The van der Waals surface area contributed by atoms with Crippen LogP contribution in [0.3, 0.4) is 0 Å². The maximum absolute atomic E-state index is 12.4. The average molecular weight is 497 g/mol. The van der Waals surface area contributed by atoms with Crippen molar-refractivity contribution in [1.29, 1.82) is 0 Å². The van der Waals surface area contributed by atoms with Crippen molar-refractivity contribution in [3.05, 3.63) is 71.8 Å². The van der Waals surface area contributed by atoms with Gasteiger partial charge in [-0.25, -0.2) is 4.79 Å². The van der Waals surface area contributed by atoms with Gasteiger partial charge >= 0.3 is 5.97 Å². The molecule has 1 N–H and O–H groups in total. The van der Waals surface area contributed by atoms with Crippen LogP contribution in [0.1, 0.15) is 114 Å². The lowest BCUT2D eigenvalue weighted by atomic mass is 10.0. The number of ether oxygens (including phenoxy) is 2. The van der Waals surface area contributed by atoms with E-state index in [1.807, 2.05) is 60.7 Å². The number of carboxylic acids is 1. The van der Waals surface area contributed by atoms with E-state index >= 15 is 0 Å². The standard InChI is InChI=1S/C32H48O4/c1-2-3-4-5-6-7-8-9-10-11-12-13-14-21-26-32(31(33)34,35-27-29-22-17-15-18-23-29)36-28-30-24-19-16-20-25-30/h15-20,22-25H,2-14,21,26-28H2,1H3,(H,33,34). The maximum atomic E-state index is 12.4. The maximum Gasteiger partial charge on any atom is 0.364 e. The topological polar surface area (TPSA) is 55.8 Å². The van der Waals surface area contributed by atoms with Crippen molar-refractivity contribution in [2.45, 2.75) is 122 Å². The van der Waals surface area contributed by atoms with Crippen LogP contribution in [0, 0.1) is 0 Å². The van der Waals surface area contributed by atoms with E-state index in [-0.39, 0.29) is 13.2 Å². The number of carboxylic acid groups (broad SMARTS) is 1. The van der Waals surface area contributed by atoms with Gasteiger partial charge in [0.05, 0.1) is 13.2 Å². The van der Waals surface area contributed by atoms with Gasteiger partial charge in [0.15, 0.2) is 0 Å². The molecular formula is C32H48O4. The molecule has 0 aliphatic rings. The van der Waals surface area contributed by atoms with Crippen LogP contribution >= 0.6 is 0 Å². The van der Waals surface area contributed by atoms with Crippen molar-refractivity contribution in [3.63, 3.8) is 0 Å². The SMILES string of the molecule is CCCCCCCCCCCCCCCCC(OCc1ccccc1)(OCc1ccccc1)C(=O)O. The summed E-state index contributed by atoms with van der Waals surface area (Å²) in [7, 11) is 0. The summed E-state index contributed by atoms with van der Waals surface area (Å²) in [6, 6.07) is 19.4. The summed E-state index contributed by atoms with van der Waals surface area (Å²) in [5, 5.41) is 10.1. The first kappa shape index (κ1) is 30.1. The molecule has 0 aliphatic heterocycles. The molecule has 2 rings (SSSR count). The summed E-state index contributed by atoms with van der Waals surface area (Å²) in [5.41, 5.74) is 1.87. The van der Waals surface area contributed by atoms with E-state index < -0.39 is 11.8 Å². The molecular weight excluding hydrogens is 448 g/mol. The molecule has 0 fully saturated rings. The fourth-order valence-electron chi connectivity index (χ4n) is 4.52. The molecule has 0 atom stereocenters. The van der Waals surface area contributed by atoms with Crippen molar-refractivity contribution in [2.24, 2.45) is 0 Å². The highest BCUT2D eigenvalue weighted by Crippen LogP contribution is 2.26. The molecule has 36 heavy (non-hydrogen) atoms. The average Bonchev–Trinajstić information content (AvgIpc) is 2.91. The first-order valence-electron chi connectivity index (χ1n) is 14.3. The molecule has 0 unspecified atom stereocenters. The molecule has 0 aliphatic carbocycles. The van der Waals surface area contributed by atoms with Crippen LogP contribution in [0.2, 0.25) is 0 Å². The van der Waals surface area contributed by atoms with Crippen LogP contribution in [-0.4, -0.2) is 16.9 Å². The van der Waals surface area contributed by atoms with Crippen LogP contribution in [0.5, 0.6) is 0 Å². The summed E-state index contributed by atoms with van der Waals surface area (Å²) in [6.45, 7) is 2.68. The summed E-state index contributed by atoms with van der Waals surface area (Å²) < 4.78 is 12.0. The van der Waals surface area contributed by atoms with Crippen LogP contribution in [0.15, 0.2) is 60.7 Å². The summed E-state index contributed by atoms with van der Waals surface area (Å²) in [6.07, 6.45) is 18.0. The van der Waals surface area contributed by atoms with E-state index in [9.17, 15) is 9.90 Å². The Kier molecular flexibility index (Phi) is 15.9. The summed E-state index contributed by atoms with van der Waals surface area (Å²) in [5.74, 6) is -2.69. The van der Waals surface area contributed by atoms with Gasteiger partial charge in [-0.05, 0) is 17.5 Å². The van der Waals surface area contributed by atoms with Crippen LogP contribution in [0.4, 0.5) is 0 Å². The third-order valence-electron chi connectivity index (χ3n) is 6.81. The molecule has 0 aromatic heterocycles. The van der Waals surface area contributed by atoms with Gasteiger partial charge in [-0.1, -0.05) is 151 Å². The van der Waals surface area contributed by atoms with Gasteiger partial charge in [-0.2, -0.15) is 0 Å². The molecule has 0 heterocycles. The molecule has 4 nitrogen and oxygen atoms in total. The van der Waals surface area contributed by atoms with Crippen molar-refractivity contribution in [3.8, 4) is 0 Å². The second kappa shape index (κ2) is 19.0. The van der Waals surface area contributed by atoms with Crippen molar-refractivity contribution < 1.29 is 19.4 Å². The quantitative estimate of drug-likeness (QED) is 0.130. The molecule has 0 saturated carbocycles. The van der Waals surface area contributed by atoms with Gasteiger partial charge in [0.1, 0.15) is 0 Å². The third-order valence-corrected chi connectivity index (χ3v) is 6.81. The van der Waals surface area contributed by atoms with E-state index in [1.165, 1.54) is 70.6 Å². The normalized spacial score (nSPS) is 11.6. The Bertz CT molecular complexity index is 747. The minimum absolute atomic E-state index is 0.209. The second-order valence-electron chi connectivity index (χ2n) is 9.95. The Morgan fingerprint density at radius 3 is 1.33 bits per heavy atom. The lowest BCUT2D eigenvalue weighted by Gasteiger charge is -2.30. The second-order valence-corrected chi connectivity index (χ2v) is 9.95. The third kappa shape index (κ3) is 12.7. The number of carbonyl (C=O) groups is 1. The zero-order valence-electron chi connectivity index (χ0n) is 22.5. The van der Waals surface area contributed by atoms with Crippen molar-refractivity contribution >= 4 is 5.97 Å². The fraction of sp³-hybridized carbons (Fsp3) is 0.594. The molecule has 0 radical (unpaired) electrons. The predicted molar refractivity (Wildman–Crippen MR) is 148 cm³/mol. The molecule has 0 spiro atoms. The Labute approximate surface area is 219 Å². The largest absolute Gasteiger partial charge is 0.477 e. The number of hydrogen-bond donors (Lipinski definition) is 1. The van der Waals surface area contributed by atoms with E-state index in [2.05, 4.69) is 6.92 Å². The van der Waals surface area contributed by atoms with Gasteiger partial charge in [0.25, 0.3) is 5.79 Å². The number of aliphatic carboxylic acids is 1. The van der Waals surface area contributed by atoms with Gasteiger partial charge < -0.3 is 14.6 Å². The van der Waals surface area contributed by atoms with E-state index in [0.717, 1.165) is 30.4 Å². The molecule has 0 amide bonds. The molecule has 0 bridgehead atoms. The molecule has 200 valence electrons. The Morgan fingerprint density at radius 2 is 0.972 bits per heavy atom. The Morgan fingerprint density at radius 1 is 0.611 bits per heavy atom. The van der Waals surface area contributed by atoms with Crippen LogP contribution < -0.4 is 0 Å². The van der Waals surface area contributed by atoms with Gasteiger partial charge in [0, 0.05) is 6.42 Å². The van der Waals surface area contributed by atoms with E-state index in [0.29, 0.717) is 6.42 Å². The van der Waals surface area contributed by atoms with Gasteiger partial charge in [-0.3, -0.25) is 0 Å². The zero-order valence-corrected chi connectivity index (χ0v) is 22.5. The zero-order chi connectivity index (χ0) is 25.7. The van der Waals surface area contributed by atoms with Crippen molar-refractivity contribution in [2.75, 3.05) is 0 Å². The first-order valence-corrected chi connectivity index (χ1v) is 14.3. The highest BCUT2D eigenvalue weighted by molar-refractivity contribution is 5.75. The van der Waals surface area contributed by atoms with Crippen molar-refractivity contribution in [1.82, 2.24) is 0 Å². The predicted octanol–water partition coefficient (Wildman–Crippen LogP) is 9.07. The molecule has 2 aromatic carbocycles. The Hall–Kier alpha value is -2.17. The highest BCUT2D eigenvalue weighted by Gasteiger charge is 2.41. The molecule has 0 saturated heterocycles. The fourth-order valence-corrected chi connectivity index (χ4v) is 4.52. The highest BCUT2D eigenvalue weighted by atomic mass is 16.7. The molecule has 4 heteroatoms.